The molecular weight excluding hydrogens is 342 g/mol. The monoisotopic (exact) mass is 369 g/mol. The van der Waals surface area contributed by atoms with Crippen LogP contribution in [0.25, 0.3) is 0 Å². The van der Waals surface area contributed by atoms with Crippen LogP contribution in [-0.2, 0) is 11.3 Å². The van der Waals surface area contributed by atoms with E-state index in [-0.39, 0.29) is 11.8 Å². The summed E-state index contributed by atoms with van der Waals surface area (Å²) in [6.45, 7) is 4.37. The van der Waals surface area contributed by atoms with Gasteiger partial charge in [-0.1, -0.05) is 30.3 Å². The summed E-state index contributed by atoms with van der Waals surface area (Å²) < 4.78 is 0. The van der Waals surface area contributed by atoms with Crippen LogP contribution in [0.5, 0.6) is 5.88 Å². The number of anilines is 1. The molecule has 7 heteroatoms. The number of hydroxylamine groups is 1. The second kappa shape index (κ2) is 8.81. The Labute approximate surface area is 160 Å². The molecule has 2 heterocycles. The Balaban J connectivity index is 1.68. The van der Waals surface area contributed by atoms with Gasteiger partial charge < -0.3 is 9.74 Å². The zero-order valence-electron chi connectivity index (χ0n) is 16.2. The highest BCUT2D eigenvalue weighted by Crippen LogP contribution is 2.32. The maximum atomic E-state index is 11.2. The van der Waals surface area contributed by atoms with Crippen molar-refractivity contribution in [2.45, 2.75) is 32.2 Å². The van der Waals surface area contributed by atoms with E-state index < -0.39 is 0 Å². The number of nitrogens with zero attached hydrogens (tertiary/aromatic N) is 4. The summed E-state index contributed by atoms with van der Waals surface area (Å²) in [5.41, 5.74) is 4.53. The predicted octanol–water partition coefficient (Wildman–Crippen LogP) is 2.35. The summed E-state index contributed by atoms with van der Waals surface area (Å²) in [5, 5.41) is 0. The predicted molar refractivity (Wildman–Crippen MR) is 104 cm³/mol. The number of hydrogen-bond donors (Lipinski definition) is 1. The third-order valence-corrected chi connectivity index (χ3v) is 4.73. The molecule has 0 spiro atoms. The number of piperidine rings is 1. The van der Waals surface area contributed by atoms with Gasteiger partial charge in [0.15, 0.2) is 5.82 Å². The van der Waals surface area contributed by atoms with Crippen LogP contribution in [0, 0.1) is 0 Å². The Kier molecular flexibility index (Phi) is 6.24. The lowest BCUT2D eigenvalue weighted by atomic mass is 9.93. The lowest BCUT2D eigenvalue weighted by Gasteiger charge is -2.32. The molecule has 0 atom stereocenters. The van der Waals surface area contributed by atoms with Crippen molar-refractivity contribution in [3.05, 3.63) is 47.8 Å². The molecule has 0 unspecified atom stereocenters. The molecule has 7 nitrogen and oxygen atoms in total. The van der Waals surface area contributed by atoms with Gasteiger partial charge in [0.25, 0.3) is 5.88 Å². The summed E-state index contributed by atoms with van der Waals surface area (Å²) in [5.74, 6) is 1.08. The van der Waals surface area contributed by atoms with Gasteiger partial charge in [0, 0.05) is 33.5 Å². The topological polar surface area (TPSA) is 70.6 Å². The summed E-state index contributed by atoms with van der Waals surface area (Å²) in [6.07, 6.45) is 3.73. The number of carbonyl (C=O) groups is 1. The average molecular weight is 369 g/mol. The zero-order valence-corrected chi connectivity index (χ0v) is 16.2. The summed E-state index contributed by atoms with van der Waals surface area (Å²) in [4.78, 5) is 30.1. The molecule has 1 aliphatic heterocycles. The average Bonchev–Trinajstić information content (AvgIpc) is 2.67. The Morgan fingerprint density at radius 1 is 1.26 bits per heavy atom. The molecule has 3 rings (SSSR count). The molecule has 0 saturated carbocycles. The molecule has 1 fully saturated rings. The second-order valence-electron chi connectivity index (χ2n) is 7.11. The first-order chi connectivity index (χ1) is 13.0. The SMILES string of the molecule is CC(=O)NOc1nc(N(C)C)cnc1C1CCN(Cc2ccccc2)CC1. The maximum absolute atomic E-state index is 11.2. The van der Waals surface area contributed by atoms with Gasteiger partial charge in [0.1, 0.15) is 5.69 Å². The van der Waals surface area contributed by atoms with Crippen LogP contribution in [-0.4, -0.2) is 48.0 Å². The third-order valence-electron chi connectivity index (χ3n) is 4.73. The van der Waals surface area contributed by atoms with Crippen LogP contribution < -0.4 is 15.2 Å². The van der Waals surface area contributed by atoms with E-state index >= 15 is 0 Å². The van der Waals surface area contributed by atoms with Crippen molar-refractivity contribution in [3.8, 4) is 5.88 Å². The molecule has 0 bridgehead atoms. The van der Waals surface area contributed by atoms with Crippen molar-refractivity contribution in [2.75, 3.05) is 32.1 Å². The lowest BCUT2D eigenvalue weighted by molar-refractivity contribution is -0.125. The van der Waals surface area contributed by atoms with Crippen LogP contribution in [0.1, 0.15) is 36.9 Å². The van der Waals surface area contributed by atoms with E-state index in [1.165, 1.54) is 12.5 Å². The summed E-state index contributed by atoms with van der Waals surface area (Å²) >= 11 is 0. The van der Waals surface area contributed by atoms with Crippen molar-refractivity contribution in [1.82, 2.24) is 20.3 Å². The van der Waals surface area contributed by atoms with Gasteiger partial charge in [0.2, 0.25) is 5.91 Å². The van der Waals surface area contributed by atoms with Crippen LogP contribution in [0.2, 0.25) is 0 Å². The van der Waals surface area contributed by atoms with Crippen LogP contribution >= 0.6 is 0 Å². The van der Waals surface area contributed by atoms with E-state index in [0.29, 0.717) is 11.7 Å². The van der Waals surface area contributed by atoms with E-state index in [9.17, 15) is 4.79 Å². The van der Waals surface area contributed by atoms with Crippen LogP contribution in [0.4, 0.5) is 5.82 Å². The zero-order chi connectivity index (χ0) is 19.2. The van der Waals surface area contributed by atoms with E-state index in [0.717, 1.165) is 38.2 Å². The minimum atomic E-state index is -0.268. The number of hydrogen-bond acceptors (Lipinski definition) is 6. The van der Waals surface area contributed by atoms with E-state index in [1.807, 2.05) is 25.1 Å². The number of aromatic nitrogens is 2. The molecule has 1 amide bonds. The van der Waals surface area contributed by atoms with Gasteiger partial charge in [-0.15, -0.1) is 0 Å². The highest BCUT2D eigenvalue weighted by molar-refractivity contribution is 5.71. The van der Waals surface area contributed by atoms with Gasteiger partial charge >= 0.3 is 0 Å². The molecule has 1 aromatic heterocycles. The lowest BCUT2D eigenvalue weighted by Crippen LogP contribution is -2.33. The van der Waals surface area contributed by atoms with Crippen molar-refractivity contribution in [1.29, 1.82) is 0 Å². The number of likely N-dealkylation sites (tertiary alicyclic amines) is 1. The Bertz CT molecular complexity index is 758. The second-order valence-corrected chi connectivity index (χ2v) is 7.11. The molecule has 0 aliphatic carbocycles. The van der Waals surface area contributed by atoms with Gasteiger partial charge in [-0.05, 0) is 31.5 Å². The molecular formula is C20H27N5O2. The quantitative estimate of drug-likeness (QED) is 0.788. The van der Waals surface area contributed by atoms with Crippen molar-refractivity contribution in [2.24, 2.45) is 0 Å². The number of amides is 1. The van der Waals surface area contributed by atoms with Gasteiger partial charge in [0.05, 0.1) is 6.20 Å². The van der Waals surface area contributed by atoms with Crippen LogP contribution in [0.3, 0.4) is 0 Å². The van der Waals surface area contributed by atoms with E-state index in [4.69, 9.17) is 4.84 Å². The fourth-order valence-corrected chi connectivity index (χ4v) is 3.27. The smallest absolute Gasteiger partial charge is 0.269 e. The fourth-order valence-electron chi connectivity index (χ4n) is 3.27. The number of nitrogens with one attached hydrogen (secondary N) is 1. The van der Waals surface area contributed by atoms with Crippen molar-refractivity contribution < 1.29 is 9.63 Å². The summed E-state index contributed by atoms with van der Waals surface area (Å²) in [6, 6.07) is 10.5. The molecule has 0 radical (unpaired) electrons. The van der Waals surface area contributed by atoms with E-state index in [2.05, 4.69) is 44.6 Å². The number of carbonyl (C=O) groups excluding carboxylic acids is 1. The third kappa shape index (κ3) is 5.17. The Hall–Kier alpha value is -2.67. The first kappa shape index (κ1) is 19.1. The van der Waals surface area contributed by atoms with Crippen molar-refractivity contribution in [3.63, 3.8) is 0 Å². The number of rotatable bonds is 6. The van der Waals surface area contributed by atoms with Gasteiger partial charge in [-0.3, -0.25) is 14.7 Å². The fraction of sp³-hybridized carbons (Fsp3) is 0.450. The highest BCUT2D eigenvalue weighted by Gasteiger charge is 2.26. The number of benzene rings is 1. The molecule has 1 aliphatic rings. The van der Waals surface area contributed by atoms with Crippen LogP contribution in [0.15, 0.2) is 36.5 Å². The minimum absolute atomic E-state index is 0.268. The Morgan fingerprint density at radius 3 is 2.59 bits per heavy atom. The standard InChI is InChI=1S/C20H27N5O2/c1-15(26)23-27-20-19(21-13-18(22-20)24(2)3)17-9-11-25(12-10-17)14-16-7-5-4-6-8-16/h4-8,13,17H,9-12,14H2,1-3H3,(H,23,26). The van der Waals surface area contributed by atoms with Gasteiger partial charge in [-0.2, -0.15) is 10.5 Å². The highest BCUT2D eigenvalue weighted by atomic mass is 16.7. The normalized spacial score (nSPS) is 15.4. The first-order valence-corrected chi connectivity index (χ1v) is 9.27. The molecule has 144 valence electrons. The largest absolute Gasteiger partial charge is 0.361 e. The Morgan fingerprint density at radius 2 is 1.96 bits per heavy atom. The summed E-state index contributed by atoms with van der Waals surface area (Å²) in [7, 11) is 3.79. The molecule has 1 N–H and O–H groups in total. The first-order valence-electron chi connectivity index (χ1n) is 9.27. The molecule has 1 saturated heterocycles. The van der Waals surface area contributed by atoms with Crippen molar-refractivity contribution >= 4 is 11.7 Å². The molecule has 1 aromatic carbocycles. The van der Waals surface area contributed by atoms with E-state index in [1.54, 1.807) is 6.20 Å². The molecule has 27 heavy (non-hydrogen) atoms. The minimum Gasteiger partial charge on any atom is -0.361 e. The maximum Gasteiger partial charge on any atom is 0.269 e. The molecule has 2 aromatic rings. The van der Waals surface area contributed by atoms with Gasteiger partial charge in [-0.25, -0.2) is 0 Å².